The highest BCUT2D eigenvalue weighted by Crippen LogP contribution is 2.29. The molecule has 1 rings (SSSR count). The van der Waals surface area contributed by atoms with Crippen molar-refractivity contribution >= 4 is 0 Å². The maximum absolute atomic E-state index is 9.72. The number of hydrogen-bond acceptors (Lipinski definition) is 1. The lowest BCUT2D eigenvalue weighted by atomic mass is 9.93. The summed E-state index contributed by atoms with van der Waals surface area (Å²) in [4.78, 5) is 0. The van der Waals surface area contributed by atoms with Crippen molar-refractivity contribution in [3.8, 4) is 0 Å². The molecule has 0 aromatic rings. The number of hydrogen-bond donors (Lipinski definition) is 1. The van der Waals surface area contributed by atoms with E-state index in [0.717, 1.165) is 6.42 Å². The molecule has 0 heterocycles. The molecule has 1 aliphatic rings. The van der Waals surface area contributed by atoms with Crippen LogP contribution in [0.5, 0.6) is 0 Å². The number of aliphatic hydroxyl groups excluding tert-OH is 1. The highest BCUT2D eigenvalue weighted by Gasteiger charge is 2.23. The van der Waals surface area contributed by atoms with Crippen molar-refractivity contribution in [1.82, 2.24) is 0 Å². The Kier molecular flexibility index (Phi) is 3.38. The van der Waals surface area contributed by atoms with E-state index in [1.807, 2.05) is 0 Å². The van der Waals surface area contributed by atoms with E-state index >= 15 is 0 Å². The lowest BCUT2D eigenvalue weighted by molar-refractivity contribution is 0.0893. The van der Waals surface area contributed by atoms with Crippen molar-refractivity contribution in [2.45, 2.75) is 52.1 Å². The zero-order valence-corrected chi connectivity index (χ0v) is 7.71. The molecule has 0 aromatic carbocycles. The first-order valence-corrected chi connectivity index (χ1v) is 4.88. The van der Waals surface area contributed by atoms with Crippen LogP contribution < -0.4 is 0 Å². The van der Waals surface area contributed by atoms with E-state index < -0.39 is 0 Å². The molecule has 0 radical (unpaired) electrons. The third kappa shape index (κ3) is 2.82. The monoisotopic (exact) mass is 156 g/mol. The summed E-state index contributed by atoms with van der Waals surface area (Å²) in [6, 6.07) is 0. The zero-order chi connectivity index (χ0) is 8.27. The fraction of sp³-hybridized carbons (Fsp3) is 1.00. The molecule has 1 atom stereocenters. The summed E-state index contributed by atoms with van der Waals surface area (Å²) in [7, 11) is 0. The fourth-order valence-corrected chi connectivity index (χ4v) is 2.02. The molecule has 1 nitrogen and oxygen atoms in total. The Hall–Kier alpha value is -0.0400. The van der Waals surface area contributed by atoms with Crippen LogP contribution in [0.15, 0.2) is 0 Å². The van der Waals surface area contributed by atoms with Gasteiger partial charge in [-0.3, -0.25) is 0 Å². The van der Waals surface area contributed by atoms with Crippen molar-refractivity contribution < 1.29 is 5.11 Å². The summed E-state index contributed by atoms with van der Waals surface area (Å²) in [5.74, 6) is 1.27. The third-order valence-electron chi connectivity index (χ3n) is 2.66. The first-order chi connectivity index (χ1) is 5.20. The molecule has 11 heavy (non-hydrogen) atoms. The van der Waals surface area contributed by atoms with Crippen molar-refractivity contribution in [3.05, 3.63) is 0 Å². The maximum Gasteiger partial charge on any atom is 0.0570 e. The van der Waals surface area contributed by atoms with Gasteiger partial charge in [0.15, 0.2) is 0 Å². The molecule has 66 valence electrons. The average molecular weight is 156 g/mol. The second kappa shape index (κ2) is 4.10. The van der Waals surface area contributed by atoms with E-state index in [-0.39, 0.29) is 6.10 Å². The van der Waals surface area contributed by atoms with Crippen LogP contribution in [-0.4, -0.2) is 11.2 Å². The van der Waals surface area contributed by atoms with Gasteiger partial charge in [-0.2, -0.15) is 0 Å². The normalized spacial score (nSPS) is 22.9. The SMILES string of the molecule is CC(C)C[C@H](O)C1CCCC1. The second-order valence-corrected chi connectivity index (χ2v) is 4.24. The predicted molar refractivity (Wildman–Crippen MR) is 47.4 cm³/mol. The molecule has 0 aliphatic heterocycles. The summed E-state index contributed by atoms with van der Waals surface area (Å²) in [5.41, 5.74) is 0. The van der Waals surface area contributed by atoms with Gasteiger partial charge in [0.25, 0.3) is 0 Å². The summed E-state index contributed by atoms with van der Waals surface area (Å²) in [6.45, 7) is 4.36. The summed E-state index contributed by atoms with van der Waals surface area (Å²) in [6.07, 6.45) is 6.16. The van der Waals surface area contributed by atoms with Gasteiger partial charge in [-0.15, -0.1) is 0 Å². The van der Waals surface area contributed by atoms with E-state index in [4.69, 9.17) is 0 Å². The molecule has 0 unspecified atom stereocenters. The minimum absolute atomic E-state index is 0.0162. The van der Waals surface area contributed by atoms with Crippen molar-refractivity contribution in [1.29, 1.82) is 0 Å². The van der Waals surface area contributed by atoms with Gasteiger partial charge >= 0.3 is 0 Å². The lowest BCUT2D eigenvalue weighted by Gasteiger charge is -2.19. The van der Waals surface area contributed by atoms with Gasteiger partial charge < -0.3 is 5.11 Å². The molecule has 0 aromatic heterocycles. The van der Waals surface area contributed by atoms with Crippen LogP contribution in [0.4, 0.5) is 0 Å². The first kappa shape index (κ1) is 9.05. The molecule has 1 fully saturated rings. The molecular weight excluding hydrogens is 136 g/mol. The predicted octanol–water partition coefficient (Wildman–Crippen LogP) is 2.58. The van der Waals surface area contributed by atoms with Crippen molar-refractivity contribution in [2.75, 3.05) is 0 Å². The van der Waals surface area contributed by atoms with Crippen LogP contribution >= 0.6 is 0 Å². The van der Waals surface area contributed by atoms with E-state index in [0.29, 0.717) is 11.8 Å². The Bertz CT molecular complexity index is 103. The van der Waals surface area contributed by atoms with Crippen molar-refractivity contribution in [2.24, 2.45) is 11.8 Å². The smallest absolute Gasteiger partial charge is 0.0570 e. The topological polar surface area (TPSA) is 20.2 Å². The minimum Gasteiger partial charge on any atom is -0.393 e. The lowest BCUT2D eigenvalue weighted by Crippen LogP contribution is -2.19. The first-order valence-electron chi connectivity index (χ1n) is 4.88. The standard InChI is InChI=1S/C10H20O/c1-8(2)7-10(11)9-5-3-4-6-9/h8-11H,3-7H2,1-2H3/t10-/m0/s1. The van der Waals surface area contributed by atoms with Gasteiger partial charge in [0, 0.05) is 0 Å². The average Bonchev–Trinajstić information content (AvgIpc) is 2.35. The van der Waals surface area contributed by atoms with Gasteiger partial charge in [-0.05, 0) is 31.1 Å². The summed E-state index contributed by atoms with van der Waals surface area (Å²) >= 11 is 0. The number of aliphatic hydroxyl groups is 1. The summed E-state index contributed by atoms with van der Waals surface area (Å²) in [5, 5.41) is 9.72. The Labute approximate surface area is 69.8 Å². The Morgan fingerprint density at radius 3 is 2.27 bits per heavy atom. The van der Waals surface area contributed by atoms with Crippen LogP contribution in [0.25, 0.3) is 0 Å². The van der Waals surface area contributed by atoms with E-state index in [2.05, 4.69) is 13.8 Å². The second-order valence-electron chi connectivity index (χ2n) is 4.24. The van der Waals surface area contributed by atoms with Crippen molar-refractivity contribution in [3.63, 3.8) is 0 Å². The molecule has 1 aliphatic carbocycles. The molecule has 0 amide bonds. The number of rotatable bonds is 3. The zero-order valence-electron chi connectivity index (χ0n) is 7.71. The maximum atomic E-state index is 9.72. The molecule has 1 N–H and O–H groups in total. The largest absolute Gasteiger partial charge is 0.393 e. The van der Waals surface area contributed by atoms with Gasteiger partial charge in [-0.25, -0.2) is 0 Å². The fourth-order valence-electron chi connectivity index (χ4n) is 2.02. The minimum atomic E-state index is -0.0162. The van der Waals surface area contributed by atoms with E-state index in [9.17, 15) is 5.11 Å². The van der Waals surface area contributed by atoms with Gasteiger partial charge in [-0.1, -0.05) is 26.7 Å². The van der Waals surface area contributed by atoms with Gasteiger partial charge in [0.05, 0.1) is 6.10 Å². The van der Waals surface area contributed by atoms with Crippen LogP contribution in [-0.2, 0) is 0 Å². The molecule has 0 saturated heterocycles. The van der Waals surface area contributed by atoms with Crippen LogP contribution in [0.1, 0.15) is 46.0 Å². The molecular formula is C10H20O. The Balaban J connectivity index is 2.22. The van der Waals surface area contributed by atoms with Crippen LogP contribution in [0.2, 0.25) is 0 Å². The van der Waals surface area contributed by atoms with Crippen LogP contribution in [0, 0.1) is 11.8 Å². The summed E-state index contributed by atoms with van der Waals surface area (Å²) < 4.78 is 0. The molecule has 1 heteroatoms. The van der Waals surface area contributed by atoms with Crippen LogP contribution in [0.3, 0.4) is 0 Å². The third-order valence-corrected chi connectivity index (χ3v) is 2.66. The molecule has 0 bridgehead atoms. The molecule has 0 spiro atoms. The Morgan fingerprint density at radius 2 is 1.82 bits per heavy atom. The quantitative estimate of drug-likeness (QED) is 0.666. The van der Waals surface area contributed by atoms with Gasteiger partial charge in [0.2, 0.25) is 0 Å². The highest BCUT2D eigenvalue weighted by molar-refractivity contribution is 4.75. The Morgan fingerprint density at radius 1 is 1.27 bits per heavy atom. The van der Waals surface area contributed by atoms with E-state index in [1.54, 1.807) is 0 Å². The highest BCUT2D eigenvalue weighted by atomic mass is 16.3. The van der Waals surface area contributed by atoms with Gasteiger partial charge in [0.1, 0.15) is 0 Å². The van der Waals surface area contributed by atoms with E-state index in [1.165, 1.54) is 25.7 Å². The molecule has 1 saturated carbocycles.